The Hall–Kier alpha value is -1.05. The lowest BCUT2D eigenvalue weighted by Gasteiger charge is -2.02. The van der Waals surface area contributed by atoms with Gasteiger partial charge in [-0.05, 0) is 31.8 Å². The van der Waals surface area contributed by atoms with Crippen LogP contribution in [0.3, 0.4) is 0 Å². The van der Waals surface area contributed by atoms with Crippen molar-refractivity contribution < 1.29 is 9.53 Å². The Morgan fingerprint density at radius 2 is 0.750 bits per heavy atom. The molecule has 0 unspecified atom stereocenters. The van der Waals surface area contributed by atoms with E-state index in [1.54, 1.807) is 12.3 Å². The number of allylic oxidation sites excluding steroid dienone is 2. The van der Waals surface area contributed by atoms with E-state index in [9.17, 15) is 4.79 Å². The first kappa shape index (κ1) is 35.0. The van der Waals surface area contributed by atoms with Crippen molar-refractivity contribution in [2.24, 2.45) is 0 Å². The monoisotopic (exact) mass is 504 g/mol. The van der Waals surface area contributed by atoms with Crippen LogP contribution in [0.4, 0.5) is 0 Å². The van der Waals surface area contributed by atoms with Gasteiger partial charge in [0.05, 0.1) is 6.26 Å². The summed E-state index contributed by atoms with van der Waals surface area (Å²) in [6.45, 7) is 4.56. The van der Waals surface area contributed by atoms with Crippen LogP contribution in [0.2, 0.25) is 0 Å². The molecule has 2 heteroatoms. The zero-order valence-electron chi connectivity index (χ0n) is 24.7. The fraction of sp³-hybridized carbons (Fsp3) is 0.853. The number of unbranched alkanes of at least 4 members (excludes halogenated alkanes) is 25. The predicted molar refractivity (Wildman–Crippen MR) is 160 cm³/mol. The van der Waals surface area contributed by atoms with Gasteiger partial charge in [0.2, 0.25) is 0 Å². The second-order valence-electron chi connectivity index (χ2n) is 10.9. The quantitative estimate of drug-likeness (QED) is 0.0438. The minimum absolute atomic E-state index is 0.240. The van der Waals surface area contributed by atoms with Gasteiger partial charge in [0, 0.05) is 6.08 Å². The molecule has 0 saturated carbocycles. The fourth-order valence-corrected chi connectivity index (χ4v) is 4.79. The highest BCUT2D eigenvalue weighted by Gasteiger charge is 1.96. The first-order valence-corrected chi connectivity index (χ1v) is 16.3. The molecule has 0 aliphatic heterocycles. The van der Waals surface area contributed by atoms with Crippen molar-refractivity contribution in [3.05, 3.63) is 24.5 Å². The van der Waals surface area contributed by atoms with Gasteiger partial charge in [-0.1, -0.05) is 168 Å². The van der Waals surface area contributed by atoms with Crippen molar-refractivity contribution >= 4 is 5.97 Å². The molecular formula is C34H64O2. The summed E-state index contributed by atoms with van der Waals surface area (Å²) >= 11 is 0. The summed E-state index contributed by atoms with van der Waals surface area (Å²) in [5.74, 6) is -0.240. The van der Waals surface area contributed by atoms with Gasteiger partial charge in [0.25, 0.3) is 0 Å². The van der Waals surface area contributed by atoms with Crippen molar-refractivity contribution in [1.29, 1.82) is 0 Å². The van der Waals surface area contributed by atoms with Crippen LogP contribution in [0.1, 0.15) is 187 Å². The van der Waals surface area contributed by atoms with Crippen LogP contribution >= 0.6 is 0 Å². The maximum Gasteiger partial charge on any atom is 0.335 e. The molecule has 0 fully saturated rings. The number of ether oxygens (including phenoxy) is 1. The summed E-state index contributed by atoms with van der Waals surface area (Å²) in [5, 5.41) is 0. The van der Waals surface area contributed by atoms with Crippen molar-refractivity contribution in [3.8, 4) is 0 Å². The molecule has 0 saturated heterocycles. The highest BCUT2D eigenvalue weighted by Crippen LogP contribution is 2.14. The topological polar surface area (TPSA) is 26.3 Å². The highest BCUT2D eigenvalue weighted by molar-refractivity contribution is 5.82. The summed E-state index contributed by atoms with van der Waals surface area (Å²) in [7, 11) is 0. The van der Waals surface area contributed by atoms with E-state index in [0.29, 0.717) is 0 Å². The molecule has 0 aromatic rings. The second-order valence-corrected chi connectivity index (χ2v) is 10.9. The maximum absolute atomic E-state index is 11.7. The largest absolute Gasteiger partial charge is 0.432 e. The van der Waals surface area contributed by atoms with Crippen LogP contribution in [-0.2, 0) is 9.53 Å². The zero-order valence-corrected chi connectivity index (χ0v) is 24.7. The molecule has 0 N–H and O–H groups in total. The van der Waals surface area contributed by atoms with Crippen LogP contribution in [0.15, 0.2) is 24.5 Å². The Labute approximate surface area is 227 Å². The molecule has 0 amide bonds. The summed E-state index contributed by atoms with van der Waals surface area (Å²) in [6, 6.07) is 0. The molecule has 0 radical (unpaired) electrons. The molecule has 0 bridgehead atoms. The average Bonchev–Trinajstić information content (AvgIpc) is 2.88. The van der Waals surface area contributed by atoms with Gasteiger partial charge in [-0.25, -0.2) is 4.79 Å². The maximum atomic E-state index is 11.7. The Kier molecular flexibility index (Phi) is 31.0. The van der Waals surface area contributed by atoms with E-state index >= 15 is 0 Å². The smallest absolute Gasteiger partial charge is 0.335 e. The second kappa shape index (κ2) is 32.0. The standard InChI is InChI=1S/C34H64O2/c1-3-5-7-9-11-13-15-17-18-19-21-23-25-27-29-31-33-36-34(35)32-30-28-26-24-22-20-16-14-12-10-8-6-4-2/h30-33H,3-29H2,1-2H3/b32-30+,33-31+. The normalized spacial score (nSPS) is 11.7. The van der Waals surface area contributed by atoms with Crippen LogP contribution in [0.5, 0.6) is 0 Å². The third-order valence-corrected chi connectivity index (χ3v) is 7.23. The van der Waals surface area contributed by atoms with Gasteiger partial charge in [-0.3, -0.25) is 0 Å². The number of hydrogen-bond donors (Lipinski definition) is 0. The SMILES string of the molecule is CCCCCCCCCCCCC/C=C/C(=O)O/C=C/CCCCCCCCCCCCCCCC. The molecular weight excluding hydrogens is 440 g/mol. The summed E-state index contributed by atoms with van der Waals surface area (Å²) in [6.07, 6.45) is 43.4. The molecule has 0 atom stereocenters. The lowest BCUT2D eigenvalue weighted by atomic mass is 10.0. The molecule has 0 aliphatic carbocycles. The van der Waals surface area contributed by atoms with Crippen LogP contribution in [0, 0.1) is 0 Å². The van der Waals surface area contributed by atoms with Gasteiger partial charge in [0.1, 0.15) is 0 Å². The third kappa shape index (κ3) is 31.0. The van der Waals surface area contributed by atoms with Crippen molar-refractivity contribution in [1.82, 2.24) is 0 Å². The summed E-state index contributed by atoms with van der Waals surface area (Å²) in [5.41, 5.74) is 0. The fourth-order valence-electron chi connectivity index (χ4n) is 4.79. The van der Waals surface area contributed by atoms with E-state index in [0.717, 1.165) is 12.8 Å². The molecule has 2 nitrogen and oxygen atoms in total. The molecule has 0 heterocycles. The Morgan fingerprint density at radius 1 is 0.444 bits per heavy atom. The minimum atomic E-state index is -0.240. The molecule has 36 heavy (non-hydrogen) atoms. The molecule has 212 valence electrons. The first-order chi connectivity index (χ1) is 17.8. The van der Waals surface area contributed by atoms with Gasteiger partial charge in [0.15, 0.2) is 0 Å². The molecule has 0 rings (SSSR count). The number of esters is 1. The number of carbonyl (C=O) groups is 1. The van der Waals surface area contributed by atoms with E-state index in [-0.39, 0.29) is 5.97 Å². The molecule has 0 aromatic heterocycles. The van der Waals surface area contributed by atoms with E-state index in [1.165, 1.54) is 161 Å². The van der Waals surface area contributed by atoms with Crippen molar-refractivity contribution in [2.75, 3.05) is 0 Å². The predicted octanol–water partition coefficient (Wildman–Crippen LogP) is 12.2. The summed E-state index contributed by atoms with van der Waals surface area (Å²) in [4.78, 5) is 11.7. The number of carbonyl (C=O) groups excluding carboxylic acids is 1. The van der Waals surface area contributed by atoms with Crippen molar-refractivity contribution in [3.63, 3.8) is 0 Å². The van der Waals surface area contributed by atoms with E-state index in [1.807, 2.05) is 12.2 Å². The number of rotatable bonds is 29. The zero-order chi connectivity index (χ0) is 26.2. The van der Waals surface area contributed by atoms with Crippen LogP contribution in [0.25, 0.3) is 0 Å². The average molecular weight is 505 g/mol. The van der Waals surface area contributed by atoms with Crippen LogP contribution < -0.4 is 0 Å². The van der Waals surface area contributed by atoms with E-state index in [2.05, 4.69) is 13.8 Å². The Balaban J connectivity index is 3.29. The van der Waals surface area contributed by atoms with Gasteiger partial charge < -0.3 is 4.74 Å². The lowest BCUT2D eigenvalue weighted by molar-refractivity contribution is -0.132. The Morgan fingerprint density at radius 3 is 1.11 bits per heavy atom. The molecule has 0 aliphatic rings. The minimum Gasteiger partial charge on any atom is -0.432 e. The van der Waals surface area contributed by atoms with Gasteiger partial charge in [-0.15, -0.1) is 0 Å². The van der Waals surface area contributed by atoms with Crippen molar-refractivity contribution in [2.45, 2.75) is 187 Å². The van der Waals surface area contributed by atoms with Crippen LogP contribution in [-0.4, -0.2) is 5.97 Å². The van der Waals surface area contributed by atoms with Gasteiger partial charge >= 0.3 is 5.97 Å². The first-order valence-electron chi connectivity index (χ1n) is 16.3. The summed E-state index contributed by atoms with van der Waals surface area (Å²) < 4.78 is 5.16. The number of hydrogen-bond acceptors (Lipinski definition) is 2. The van der Waals surface area contributed by atoms with E-state index < -0.39 is 0 Å². The molecule has 0 spiro atoms. The third-order valence-electron chi connectivity index (χ3n) is 7.23. The molecule has 0 aromatic carbocycles. The van der Waals surface area contributed by atoms with Gasteiger partial charge in [-0.2, -0.15) is 0 Å². The lowest BCUT2D eigenvalue weighted by Crippen LogP contribution is -1.93. The Bertz CT molecular complexity index is 480. The van der Waals surface area contributed by atoms with E-state index in [4.69, 9.17) is 4.74 Å². The highest BCUT2D eigenvalue weighted by atomic mass is 16.5.